The maximum Gasteiger partial charge on any atom is 0.119 e. The number of benzene rings is 1. The van der Waals surface area contributed by atoms with Crippen molar-refractivity contribution < 1.29 is 4.74 Å². The first-order valence-corrected chi connectivity index (χ1v) is 6.74. The van der Waals surface area contributed by atoms with E-state index in [0.717, 1.165) is 25.3 Å². The van der Waals surface area contributed by atoms with Crippen LogP contribution in [0.15, 0.2) is 24.3 Å². The highest BCUT2D eigenvalue weighted by molar-refractivity contribution is 5.28. The summed E-state index contributed by atoms with van der Waals surface area (Å²) < 4.78 is 5.68. The van der Waals surface area contributed by atoms with Gasteiger partial charge in [-0.2, -0.15) is 0 Å². The van der Waals surface area contributed by atoms with Crippen LogP contribution in [0.1, 0.15) is 51.6 Å². The van der Waals surface area contributed by atoms with Gasteiger partial charge >= 0.3 is 0 Å². The lowest BCUT2D eigenvalue weighted by Crippen LogP contribution is -2.17. The Morgan fingerprint density at radius 2 is 1.82 bits per heavy atom. The summed E-state index contributed by atoms with van der Waals surface area (Å²) in [5, 5.41) is 3.40. The van der Waals surface area contributed by atoms with E-state index in [0.29, 0.717) is 6.04 Å². The van der Waals surface area contributed by atoms with Gasteiger partial charge in [-0.15, -0.1) is 0 Å². The van der Waals surface area contributed by atoms with Crippen LogP contribution in [-0.2, 0) is 0 Å². The lowest BCUT2D eigenvalue weighted by molar-refractivity contribution is 0.306. The molecule has 0 saturated carbocycles. The highest BCUT2D eigenvalue weighted by atomic mass is 16.5. The molecular formula is C15H25NO. The van der Waals surface area contributed by atoms with Gasteiger partial charge in [0.25, 0.3) is 0 Å². The molecule has 0 bridgehead atoms. The minimum Gasteiger partial charge on any atom is -0.494 e. The van der Waals surface area contributed by atoms with Gasteiger partial charge in [-0.1, -0.05) is 38.8 Å². The second-order valence-corrected chi connectivity index (χ2v) is 4.40. The fourth-order valence-electron chi connectivity index (χ4n) is 1.82. The number of hydrogen-bond acceptors (Lipinski definition) is 2. The van der Waals surface area contributed by atoms with E-state index in [-0.39, 0.29) is 0 Å². The van der Waals surface area contributed by atoms with Gasteiger partial charge in [0.1, 0.15) is 5.75 Å². The zero-order chi connectivity index (χ0) is 12.5. The fourth-order valence-corrected chi connectivity index (χ4v) is 1.82. The molecule has 0 aromatic heterocycles. The molecule has 0 aliphatic heterocycles. The SMILES string of the molecule is CCCCCOc1ccc(C(C)NCC)cc1. The molecule has 1 rings (SSSR count). The summed E-state index contributed by atoms with van der Waals surface area (Å²) in [4.78, 5) is 0. The van der Waals surface area contributed by atoms with Gasteiger partial charge in [-0.05, 0) is 37.6 Å². The summed E-state index contributed by atoms with van der Waals surface area (Å²) in [6.07, 6.45) is 3.63. The molecule has 2 nitrogen and oxygen atoms in total. The van der Waals surface area contributed by atoms with Crippen molar-refractivity contribution in [2.45, 2.75) is 46.1 Å². The van der Waals surface area contributed by atoms with Crippen LogP contribution in [0.25, 0.3) is 0 Å². The first-order chi connectivity index (χ1) is 8.27. The van der Waals surface area contributed by atoms with Gasteiger partial charge in [0.15, 0.2) is 0 Å². The third-order valence-corrected chi connectivity index (χ3v) is 2.91. The molecule has 0 fully saturated rings. The number of nitrogens with one attached hydrogen (secondary N) is 1. The van der Waals surface area contributed by atoms with Crippen molar-refractivity contribution in [1.29, 1.82) is 0 Å². The first-order valence-electron chi connectivity index (χ1n) is 6.74. The number of ether oxygens (including phenoxy) is 1. The monoisotopic (exact) mass is 235 g/mol. The summed E-state index contributed by atoms with van der Waals surface area (Å²) in [7, 11) is 0. The van der Waals surface area contributed by atoms with E-state index >= 15 is 0 Å². The van der Waals surface area contributed by atoms with E-state index in [1.807, 2.05) is 0 Å². The molecule has 2 heteroatoms. The molecule has 96 valence electrons. The van der Waals surface area contributed by atoms with Crippen molar-refractivity contribution >= 4 is 0 Å². The molecule has 1 unspecified atom stereocenters. The average Bonchev–Trinajstić information content (AvgIpc) is 2.36. The maximum absolute atomic E-state index is 5.68. The minimum atomic E-state index is 0.411. The van der Waals surface area contributed by atoms with Crippen molar-refractivity contribution in [3.8, 4) is 5.75 Å². The van der Waals surface area contributed by atoms with Crippen LogP contribution in [-0.4, -0.2) is 13.2 Å². The van der Waals surface area contributed by atoms with E-state index in [1.165, 1.54) is 18.4 Å². The Morgan fingerprint density at radius 3 is 2.41 bits per heavy atom. The Morgan fingerprint density at radius 1 is 1.12 bits per heavy atom. The van der Waals surface area contributed by atoms with Crippen LogP contribution >= 0.6 is 0 Å². The van der Waals surface area contributed by atoms with Crippen LogP contribution in [0.5, 0.6) is 5.75 Å². The topological polar surface area (TPSA) is 21.3 Å². The summed E-state index contributed by atoms with van der Waals surface area (Å²) in [5.41, 5.74) is 1.31. The smallest absolute Gasteiger partial charge is 0.119 e. The summed E-state index contributed by atoms with van der Waals surface area (Å²) in [5.74, 6) is 0.980. The van der Waals surface area contributed by atoms with Gasteiger partial charge in [0, 0.05) is 6.04 Å². The molecule has 17 heavy (non-hydrogen) atoms. The lowest BCUT2D eigenvalue weighted by atomic mass is 10.1. The first kappa shape index (κ1) is 14.0. The van der Waals surface area contributed by atoms with Gasteiger partial charge in [0.2, 0.25) is 0 Å². The van der Waals surface area contributed by atoms with Crippen LogP contribution in [0, 0.1) is 0 Å². The minimum absolute atomic E-state index is 0.411. The molecular weight excluding hydrogens is 210 g/mol. The van der Waals surface area contributed by atoms with Crippen LogP contribution < -0.4 is 10.1 Å². The largest absolute Gasteiger partial charge is 0.494 e. The Bertz CT molecular complexity index is 294. The van der Waals surface area contributed by atoms with E-state index in [4.69, 9.17) is 4.74 Å². The van der Waals surface area contributed by atoms with Crippen molar-refractivity contribution in [3.05, 3.63) is 29.8 Å². The van der Waals surface area contributed by atoms with E-state index < -0.39 is 0 Å². The molecule has 1 N–H and O–H groups in total. The highest BCUT2D eigenvalue weighted by Crippen LogP contribution is 2.17. The molecule has 0 spiro atoms. The molecule has 0 saturated heterocycles. The van der Waals surface area contributed by atoms with Crippen LogP contribution in [0.3, 0.4) is 0 Å². The maximum atomic E-state index is 5.68. The van der Waals surface area contributed by atoms with Gasteiger partial charge < -0.3 is 10.1 Å². The third-order valence-electron chi connectivity index (χ3n) is 2.91. The zero-order valence-electron chi connectivity index (χ0n) is 11.3. The molecule has 1 aromatic carbocycles. The van der Waals surface area contributed by atoms with Crippen molar-refractivity contribution in [2.24, 2.45) is 0 Å². The Balaban J connectivity index is 2.39. The molecule has 0 heterocycles. The van der Waals surface area contributed by atoms with Crippen molar-refractivity contribution in [3.63, 3.8) is 0 Å². The van der Waals surface area contributed by atoms with Crippen molar-refractivity contribution in [2.75, 3.05) is 13.2 Å². The number of hydrogen-bond donors (Lipinski definition) is 1. The van der Waals surface area contributed by atoms with E-state index in [9.17, 15) is 0 Å². The summed E-state index contributed by atoms with van der Waals surface area (Å²) >= 11 is 0. The van der Waals surface area contributed by atoms with E-state index in [1.54, 1.807) is 0 Å². The molecule has 0 aliphatic carbocycles. The Hall–Kier alpha value is -1.02. The summed E-state index contributed by atoms with van der Waals surface area (Å²) in [6, 6.07) is 8.82. The van der Waals surface area contributed by atoms with Crippen molar-refractivity contribution in [1.82, 2.24) is 5.32 Å². The molecule has 0 amide bonds. The Kier molecular flexibility index (Phi) is 6.71. The summed E-state index contributed by atoms with van der Waals surface area (Å²) in [6.45, 7) is 8.34. The highest BCUT2D eigenvalue weighted by Gasteiger charge is 2.03. The number of unbranched alkanes of at least 4 members (excludes halogenated alkanes) is 2. The number of rotatable bonds is 8. The second kappa shape index (κ2) is 8.13. The van der Waals surface area contributed by atoms with Gasteiger partial charge in [-0.3, -0.25) is 0 Å². The third kappa shape index (κ3) is 5.22. The second-order valence-electron chi connectivity index (χ2n) is 4.40. The van der Waals surface area contributed by atoms with Gasteiger partial charge in [-0.25, -0.2) is 0 Å². The standard InChI is InChI=1S/C15H25NO/c1-4-6-7-12-17-15-10-8-14(9-11-15)13(3)16-5-2/h8-11,13,16H,4-7,12H2,1-3H3. The van der Waals surface area contributed by atoms with E-state index in [2.05, 4.69) is 50.4 Å². The Labute approximate surface area is 105 Å². The fraction of sp³-hybridized carbons (Fsp3) is 0.600. The normalized spacial score (nSPS) is 12.4. The van der Waals surface area contributed by atoms with Crippen LogP contribution in [0.2, 0.25) is 0 Å². The lowest BCUT2D eigenvalue weighted by Gasteiger charge is -2.13. The zero-order valence-corrected chi connectivity index (χ0v) is 11.3. The molecule has 0 radical (unpaired) electrons. The molecule has 1 aromatic rings. The predicted molar refractivity (Wildman–Crippen MR) is 73.6 cm³/mol. The average molecular weight is 235 g/mol. The van der Waals surface area contributed by atoms with Gasteiger partial charge in [0.05, 0.1) is 6.61 Å². The molecule has 0 aliphatic rings. The molecule has 1 atom stereocenters. The van der Waals surface area contributed by atoms with Crippen LogP contribution in [0.4, 0.5) is 0 Å². The predicted octanol–water partition coefficient (Wildman–Crippen LogP) is 3.93. The quantitative estimate of drug-likeness (QED) is 0.689.